The van der Waals surface area contributed by atoms with E-state index in [4.69, 9.17) is 0 Å². The maximum absolute atomic E-state index is 3.66. The van der Waals surface area contributed by atoms with Crippen molar-refractivity contribution in [1.29, 1.82) is 0 Å². The van der Waals surface area contributed by atoms with Crippen molar-refractivity contribution in [2.24, 2.45) is 0 Å². The van der Waals surface area contributed by atoms with Crippen LogP contribution in [-0.2, 0) is 24.7 Å². The number of hydrogen-bond donors (Lipinski definition) is 1. The Hall–Kier alpha value is 0.960. The Balaban J connectivity index is 0.000000980. The normalized spacial score (nSPS) is 23.2. The van der Waals surface area contributed by atoms with Crippen LogP contribution in [0.2, 0.25) is 6.55 Å². The standard InChI is InChI=1S/C10H16NSi.2ClH.Zr/c1-10(2,3)11-7-5-6-8-9(7)12(8)4;;;/h11-12H,5H2,1-4H3;2*1H;/q;;;+2/p-2. The van der Waals surface area contributed by atoms with E-state index in [2.05, 4.69) is 32.6 Å². The van der Waals surface area contributed by atoms with E-state index >= 15 is 0 Å². The van der Waals surface area contributed by atoms with Gasteiger partial charge in [0.05, 0.1) is 0 Å². The molecule has 0 bridgehead atoms. The maximum Gasteiger partial charge on any atom is -1.00 e. The molecule has 0 spiro atoms. The molecule has 2 rings (SSSR count). The second kappa shape index (κ2) is 5.08. The smallest absolute Gasteiger partial charge is 1.00 e. The first-order valence-electron chi connectivity index (χ1n) is 4.86. The first-order valence-corrected chi connectivity index (χ1v) is 8.40. The van der Waals surface area contributed by atoms with Gasteiger partial charge in [-0.3, -0.25) is 0 Å². The molecule has 0 aromatic heterocycles. The molecule has 2 aliphatic rings. The minimum atomic E-state index is -0.497. The molecule has 83 valence electrons. The van der Waals surface area contributed by atoms with E-state index in [1.54, 1.807) is 38.9 Å². The van der Waals surface area contributed by atoms with Gasteiger partial charge < -0.3 is 24.8 Å². The van der Waals surface area contributed by atoms with Gasteiger partial charge in [-0.2, -0.15) is 0 Å². The molecular weight excluding hydrogens is 324 g/mol. The zero-order valence-corrected chi connectivity index (χ0v) is 14.7. The second-order valence-electron chi connectivity index (χ2n) is 5.06. The number of fused-ring (bicyclic) bond motifs is 1. The summed E-state index contributed by atoms with van der Waals surface area (Å²) in [5.74, 6) is 0. The zero-order chi connectivity index (χ0) is 9.80. The monoisotopic (exact) mass is 338 g/mol. The Kier molecular flexibility index (Phi) is 5.40. The van der Waals surface area contributed by atoms with Crippen LogP contribution in [0.4, 0.5) is 0 Å². The second-order valence-corrected chi connectivity index (χ2v) is 9.14. The Labute approximate surface area is 121 Å². The van der Waals surface area contributed by atoms with E-state index in [0.717, 1.165) is 0 Å². The predicted octanol–water partition coefficient (Wildman–Crippen LogP) is -4.21. The number of rotatable bonds is 1. The van der Waals surface area contributed by atoms with Crippen molar-refractivity contribution in [3.63, 3.8) is 0 Å². The first kappa shape index (κ1) is 16.0. The van der Waals surface area contributed by atoms with E-state index in [0.29, 0.717) is 0 Å². The third-order valence-electron chi connectivity index (χ3n) is 2.60. The van der Waals surface area contributed by atoms with Gasteiger partial charge in [0, 0.05) is 0 Å². The van der Waals surface area contributed by atoms with Crippen LogP contribution in [0.25, 0.3) is 0 Å². The minimum Gasteiger partial charge on any atom is -1.00 e. The summed E-state index contributed by atoms with van der Waals surface area (Å²) in [6.07, 6.45) is 1.23. The van der Waals surface area contributed by atoms with E-state index < -0.39 is 8.80 Å². The van der Waals surface area contributed by atoms with Crippen LogP contribution in [0, 0.1) is 0 Å². The molecule has 1 aliphatic heterocycles. The van der Waals surface area contributed by atoms with Crippen molar-refractivity contribution in [2.75, 3.05) is 0 Å². The van der Waals surface area contributed by atoms with Crippen molar-refractivity contribution >= 4 is 8.80 Å². The average molecular weight is 340 g/mol. The average Bonchev–Trinajstić information content (AvgIpc) is 2.45. The van der Waals surface area contributed by atoms with Crippen molar-refractivity contribution < 1.29 is 49.5 Å². The van der Waals surface area contributed by atoms with Gasteiger partial charge in [0.2, 0.25) is 0 Å². The summed E-state index contributed by atoms with van der Waals surface area (Å²) in [4.78, 5) is 0. The summed E-state index contributed by atoms with van der Waals surface area (Å²) in [7, 11) is -0.497. The van der Waals surface area contributed by atoms with Gasteiger partial charge in [0.15, 0.2) is 0 Å². The molecular formula is C10H16Cl2NSiZr. The Morgan fingerprint density at radius 1 is 1.20 bits per heavy atom. The van der Waals surface area contributed by atoms with Crippen LogP contribution >= 0.6 is 0 Å². The molecule has 1 aliphatic carbocycles. The third-order valence-corrected chi connectivity index (χ3v) is 7.13. The van der Waals surface area contributed by atoms with Crippen LogP contribution in [0.3, 0.4) is 0 Å². The number of halogens is 2. The largest absolute Gasteiger partial charge is 1.00 e. The number of hydrogen-bond acceptors (Lipinski definition) is 1. The molecule has 1 saturated heterocycles. The quantitative estimate of drug-likeness (QED) is 0.478. The summed E-state index contributed by atoms with van der Waals surface area (Å²) in [6, 6.07) is 0. The van der Waals surface area contributed by atoms with E-state index in [1.165, 1.54) is 6.42 Å². The molecule has 0 aromatic carbocycles. The van der Waals surface area contributed by atoms with Crippen LogP contribution < -0.4 is 30.1 Å². The Bertz CT molecular complexity index is 331. The van der Waals surface area contributed by atoms with Gasteiger partial charge in [-0.15, -0.1) is 0 Å². The molecule has 1 fully saturated rings. The topological polar surface area (TPSA) is 12.0 Å². The fraction of sp³-hybridized carbons (Fsp3) is 0.600. The minimum absolute atomic E-state index is 0. The number of nitrogens with one attached hydrogen (secondary N) is 1. The van der Waals surface area contributed by atoms with Gasteiger partial charge in [0.1, 0.15) is 0 Å². The molecule has 0 amide bonds. The molecule has 15 heavy (non-hydrogen) atoms. The van der Waals surface area contributed by atoms with Crippen LogP contribution in [0.15, 0.2) is 19.4 Å². The molecule has 1 heterocycles. The van der Waals surface area contributed by atoms with Gasteiger partial charge in [-0.25, -0.2) is 0 Å². The summed E-state index contributed by atoms with van der Waals surface area (Å²) in [5.41, 5.74) is 1.80. The van der Waals surface area contributed by atoms with Gasteiger partial charge in [0.25, 0.3) is 0 Å². The molecule has 1 nitrogen and oxygen atoms in total. The SMILES string of the molecule is C[SiH]1C2=[C]([Zr+2])CC(NC(C)(C)C)=C21.[Cl-].[Cl-]. The van der Waals surface area contributed by atoms with Crippen molar-refractivity contribution in [2.45, 2.75) is 39.3 Å². The molecule has 5 heteroatoms. The van der Waals surface area contributed by atoms with Gasteiger partial charge in [-0.05, 0) is 0 Å². The summed E-state index contributed by atoms with van der Waals surface area (Å²) in [6.45, 7) is 9.19. The predicted molar refractivity (Wildman–Crippen MR) is 54.6 cm³/mol. The first-order chi connectivity index (χ1) is 5.90. The molecule has 0 saturated carbocycles. The Morgan fingerprint density at radius 2 is 1.73 bits per heavy atom. The fourth-order valence-corrected chi connectivity index (χ4v) is 7.67. The zero-order valence-electron chi connectivity index (χ0n) is 9.54. The van der Waals surface area contributed by atoms with Crippen LogP contribution in [-0.4, -0.2) is 14.3 Å². The van der Waals surface area contributed by atoms with Gasteiger partial charge >= 0.3 is 97.5 Å². The van der Waals surface area contributed by atoms with Crippen LogP contribution in [0.5, 0.6) is 0 Å². The molecule has 0 aromatic rings. The summed E-state index contributed by atoms with van der Waals surface area (Å²) >= 11 is 1.64. The van der Waals surface area contributed by atoms with E-state index in [9.17, 15) is 0 Å². The number of allylic oxidation sites excluding steroid dienone is 3. The van der Waals surface area contributed by atoms with Crippen molar-refractivity contribution in [3.8, 4) is 0 Å². The van der Waals surface area contributed by atoms with Crippen molar-refractivity contribution in [1.82, 2.24) is 5.32 Å². The fourth-order valence-electron chi connectivity index (χ4n) is 2.12. The third kappa shape index (κ3) is 3.21. The van der Waals surface area contributed by atoms with Crippen LogP contribution in [0.1, 0.15) is 27.2 Å². The molecule has 1 N–H and O–H groups in total. The van der Waals surface area contributed by atoms with Crippen molar-refractivity contribution in [3.05, 3.63) is 19.4 Å². The molecule has 0 radical (unpaired) electrons. The van der Waals surface area contributed by atoms with E-state index in [-0.39, 0.29) is 30.4 Å². The molecule has 1 unspecified atom stereocenters. The van der Waals surface area contributed by atoms with Gasteiger partial charge in [-0.1, -0.05) is 0 Å². The maximum atomic E-state index is 3.66. The molecule has 1 atom stereocenters. The Morgan fingerprint density at radius 3 is 2.07 bits per heavy atom. The summed E-state index contributed by atoms with van der Waals surface area (Å²) in [5, 5.41) is 7.23. The van der Waals surface area contributed by atoms with E-state index in [1.807, 2.05) is 5.20 Å². The summed E-state index contributed by atoms with van der Waals surface area (Å²) < 4.78 is 1.73.